The zero-order valence-corrected chi connectivity index (χ0v) is 6.36. The van der Waals surface area contributed by atoms with Crippen molar-refractivity contribution in [2.24, 2.45) is 5.29 Å². The van der Waals surface area contributed by atoms with Crippen molar-refractivity contribution in [3.8, 4) is 0 Å². The minimum absolute atomic E-state index is 0.392. The Morgan fingerprint density at radius 3 is 2.50 bits per heavy atom. The molecule has 0 aliphatic rings. The Kier molecular flexibility index (Phi) is 2.95. The van der Waals surface area contributed by atoms with Gasteiger partial charge in [-0.3, -0.25) is 10.2 Å². The summed E-state index contributed by atoms with van der Waals surface area (Å²) in [5.74, 6) is 0. The molecule has 1 aromatic rings. The second kappa shape index (κ2) is 4.23. The van der Waals surface area contributed by atoms with Crippen LogP contribution < -0.4 is 5.43 Å². The molecule has 0 amide bonds. The fraction of sp³-hybridized carbons (Fsp3) is 0.125. The lowest BCUT2D eigenvalue weighted by Gasteiger charge is -1.97. The molecule has 0 heterocycles. The van der Waals surface area contributed by atoms with E-state index in [1.807, 2.05) is 0 Å². The molecule has 62 valence electrons. The number of nitrogens with zero attached hydrogens (tertiary/aromatic N) is 1. The summed E-state index contributed by atoms with van der Waals surface area (Å²) in [4.78, 5) is 19.9. The van der Waals surface area contributed by atoms with Gasteiger partial charge in [-0.2, -0.15) is 0 Å². The minimum atomic E-state index is 0.392. The van der Waals surface area contributed by atoms with Crippen molar-refractivity contribution in [1.29, 1.82) is 0 Å². The molecule has 0 saturated carbocycles. The minimum Gasteiger partial charge on any atom is -0.298 e. The highest BCUT2D eigenvalue weighted by atomic mass is 16.3. The van der Waals surface area contributed by atoms with Crippen LogP contribution in [-0.2, 0) is 6.54 Å². The number of nitrogens with one attached hydrogen (secondary N) is 1. The third-order valence-corrected chi connectivity index (χ3v) is 1.46. The van der Waals surface area contributed by atoms with Crippen molar-refractivity contribution in [2.75, 3.05) is 0 Å². The zero-order chi connectivity index (χ0) is 8.81. The molecule has 1 rings (SSSR count). The molecular formula is C8H8N2O2. The first-order valence-electron chi connectivity index (χ1n) is 3.46. The van der Waals surface area contributed by atoms with Crippen molar-refractivity contribution < 1.29 is 4.79 Å². The number of hydrogen-bond acceptors (Lipinski definition) is 3. The molecule has 0 bridgehead atoms. The van der Waals surface area contributed by atoms with Crippen LogP contribution >= 0.6 is 0 Å². The molecule has 0 fully saturated rings. The first-order chi connectivity index (χ1) is 5.86. The van der Waals surface area contributed by atoms with Crippen molar-refractivity contribution in [3.05, 3.63) is 40.3 Å². The lowest BCUT2D eigenvalue weighted by atomic mass is 10.1. The molecule has 4 nitrogen and oxygen atoms in total. The third-order valence-electron chi connectivity index (χ3n) is 1.46. The van der Waals surface area contributed by atoms with E-state index in [4.69, 9.17) is 0 Å². The van der Waals surface area contributed by atoms with Gasteiger partial charge in [-0.25, -0.2) is 0 Å². The summed E-state index contributed by atoms with van der Waals surface area (Å²) < 4.78 is 0. The Hall–Kier alpha value is -1.71. The van der Waals surface area contributed by atoms with E-state index in [0.29, 0.717) is 12.1 Å². The summed E-state index contributed by atoms with van der Waals surface area (Å²) >= 11 is 0. The molecular weight excluding hydrogens is 156 g/mol. The van der Waals surface area contributed by atoms with Crippen LogP contribution in [0.3, 0.4) is 0 Å². The highest BCUT2D eigenvalue weighted by Gasteiger charge is 1.91. The standard InChI is InChI=1S/C8H8N2O2/c11-6-8-3-1-7(2-4-8)5-9-10-12/h1-4,6H,5H2,(H,9,12). The van der Waals surface area contributed by atoms with E-state index < -0.39 is 0 Å². The molecule has 0 unspecified atom stereocenters. The molecule has 0 radical (unpaired) electrons. The summed E-state index contributed by atoms with van der Waals surface area (Å²) in [6.07, 6.45) is 0.773. The quantitative estimate of drug-likeness (QED) is 0.414. The summed E-state index contributed by atoms with van der Waals surface area (Å²) in [6, 6.07) is 6.91. The number of nitroso groups, excluding NO2 is 1. The van der Waals surface area contributed by atoms with Crippen molar-refractivity contribution >= 4 is 6.29 Å². The van der Waals surface area contributed by atoms with E-state index in [0.717, 1.165) is 11.8 Å². The Bertz CT molecular complexity index is 269. The smallest absolute Gasteiger partial charge is 0.150 e. The van der Waals surface area contributed by atoms with Gasteiger partial charge < -0.3 is 0 Å². The number of hydrogen-bond donors (Lipinski definition) is 1. The van der Waals surface area contributed by atoms with Crippen LogP contribution in [0.5, 0.6) is 0 Å². The van der Waals surface area contributed by atoms with Crippen LogP contribution in [0.2, 0.25) is 0 Å². The number of carbonyl (C=O) groups excluding carboxylic acids is 1. The van der Waals surface area contributed by atoms with Crippen molar-refractivity contribution in [1.82, 2.24) is 5.43 Å². The van der Waals surface area contributed by atoms with Crippen molar-refractivity contribution in [2.45, 2.75) is 6.54 Å². The molecule has 0 aromatic heterocycles. The Morgan fingerprint density at radius 2 is 2.00 bits per heavy atom. The third kappa shape index (κ3) is 2.16. The van der Waals surface area contributed by atoms with Gasteiger partial charge in [0.2, 0.25) is 0 Å². The van der Waals surface area contributed by atoms with Crippen LogP contribution in [0.15, 0.2) is 29.6 Å². The van der Waals surface area contributed by atoms with Gasteiger partial charge in [0, 0.05) is 10.8 Å². The topological polar surface area (TPSA) is 58.5 Å². The van der Waals surface area contributed by atoms with E-state index in [9.17, 15) is 9.70 Å². The first kappa shape index (κ1) is 8.39. The average molecular weight is 164 g/mol. The maximum absolute atomic E-state index is 10.2. The van der Waals surface area contributed by atoms with Gasteiger partial charge in [0.15, 0.2) is 0 Å². The normalized spacial score (nSPS) is 9.00. The fourth-order valence-corrected chi connectivity index (χ4v) is 0.838. The summed E-state index contributed by atoms with van der Waals surface area (Å²) in [7, 11) is 0. The molecule has 4 heteroatoms. The monoisotopic (exact) mass is 164 g/mol. The molecule has 0 atom stereocenters. The Morgan fingerprint density at radius 1 is 1.33 bits per heavy atom. The lowest BCUT2D eigenvalue weighted by molar-refractivity contribution is 0.112. The van der Waals surface area contributed by atoms with Crippen LogP contribution in [-0.4, -0.2) is 6.29 Å². The maximum Gasteiger partial charge on any atom is 0.150 e. The predicted octanol–water partition coefficient (Wildman–Crippen LogP) is 1.27. The number of benzene rings is 1. The SMILES string of the molecule is O=Cc1ccc(CNN=O)cc1. The van der Waals surface area contributed by atoms with Gasteiger partial charge in [-0.05, 0) is 5.56 Å². The number of rotatable bonds is 4. The molecule has 0 saturated heterocycles. The van der Waals surface area contributed by atoms with Crippen molar-refractivity contribution in [3.63, 3.8) is 0 Å². The van der Waals surface area contributed by atoms with Gasteiger partial charge in [0.05, 0.1) is 6.54 Å². The zero-order valence-electron chi connectivity index (χ0n) is 6.36. The van der Waals surface area contributed by atoms with E-state index in [1.54, 1.807) is 24.3 Å². The Labute approximate surface area is 69.5 Å². The predicted molar refractivity (Wildman–Crippen MR) is 44.5 cm³/mol. The molecule has 1 N–H and O–H groups in total. The van der Waals surface area contributed by atoms with Crippen LogP contribution in [0, 0.1) is 4.91 Å². The lowest BCUT2D eigenvalue weighted by Crippen LogP contribution is -2.02. The van der Waals surface area contributed by atoms with Gasteiger partial charge in [-0.15, -0.1) is 4.91 Å². The molecule has 0 aliphatic carbocycles. The largest absolute Gasteiger partial charge is 0.298 e. The van der Waals surface area contributed by atoms with Crippen LogP contribution in [0.4, 0.5) is 0 Å². The van der Waals surface area contributed by atoms with Crippen LogP contribution in [0.1, 0.15) is 15.9 Å². The van der Waals surface area contributed by atoms with Crippen LogP contribution in [0.25, 0.3) is 0 Å². The molecule has 1 aromatic carbocycles. The number of carbonyl (C=O) groups is 1. The van der Waals surface area contributed by atoms with E-state index in [2.05, 4.69) is 10.7 Å². The van der Waals surface area contributed by atoms with Gasteiger partial charge >= 0.3 is 0 Å². The van der Waals surface area contributed by atoms with Gasteiger partial charge in [0.1, 0.15) is 6.29 Å². The highest BCUT2D eigenvalue weighted by Crippen LogP contribution is 2.01. The fourth-order valence-electron chi connectivity index (χ4n) is 0.838. The van der Waals surface area contributed by atoms with E-state index in [-0.39, 0.29) is 0 Å². The molecule has 0 spiro atoms. The second-order valence-corrected chi connectivity index (χ2v) is 2.29. The van der Waals surface area contributed by atoms with E-state index in [1.165, 1.54) is 0 Å². The maximum atomic E-state index is 10.2. The molecule has 0 aliphatic heterocycles. The summed E-state index contributed by atoms with van der Waals surface area (Å²) in [6.45, 7) is 0.392. The first-order valence-corrected chi connectivity index (χ1v) is 3.46. The highest BCUT2D eigenvalue weighted by molar-refractivity contribution is 5.74. The Balaban J connectivity index is 2.64. The summed E-state index contributed by atoms with van der Waals surface area (Å²) in [5, 5.41) is 2.50. The average Bonchev–Trinajstić information content (AvgIpc) is 2.15. The summed E-state index contributed by atoms with van der Waals surface area (Å²) in [5.41, 5.74) is 3.82. The van der Waals surface area contributed by atoms with Gasteiger partial charge in [-0.1, -0.05) is 24.3 Å². The number of aldehydes is 1. The van der Waals surface area contributed by atoms with Gasteiger partial charge in [0.25, 0.3) is 0 Å². The molecule has 12 heavy (non-hydrogen) atoms. The second-order valence-electron chi connectivity index (χ2n) is 2.29. The van der Waals surface area contributed by atoms with E-state index >= 15 is 0 Å².